The fourth-order valence-corrected chi connectivity index (χ4v) is 1.05. The van der Waals surface area contributed by atoms with E-state index in [-0.39, 0.29) is 6.61 Å². The number of aliphatic hydroxyl groups excluding tert-OH is 1. The predicted molar refractivity (Wildman–Crippen MR) is 40.4 cm³/mol. The molecule has 0 spiro atoms. The highest BCUT2D eigenvalue weighted by Crippen LogP contribution is 2.32. The van der Waals surface area contributed by atoms with Gasteiger partial charge in [-0.3, -0.25) is 0 Å². The molecule has 0 saturated carbocycles. The Morgan fingerprint density at radius 1 is 1.70 bits per heavy atom. The first kappa shape index (κ1) is 8.27. The van der Waals surface area contributed by atoms with Gasteiger partial charge in [0.15, 0.2) is 0 Å². The number of hydrogen-bond acceptors (Lipinski definition) is 3. The van der Waals surface area contributed by atoms with E-state index >= 15 is 0 Å². The molecule has 0 amide bonds. The molecule has 3 nitrogen and oxygen atoms in total. The molecule has 0 unspecified atom stereocenters. The average Bonchev–Trinajstić information content (AvgIpc) is 2.10. The van der Waals surface area contributed by atoms with Gasteiger partial charge in [0.25, 0.3) is 4.58 Å². The number of nitrogens with one attached hydrogen (secondary N) is 1. The molecule has 1 aliphatic heterocycles. The molecule has 2 N–H and O–H groups in total. The van der Waals surface area contributed by atoms with Crippen LogP contribution in [0.1, 0.15) is 0 Å². The lowest BCUT2D eigenvalue weighted by Gasteiger charge is -2.22. The van der Waals surface area contributed by atoms with E-state index in [1.165, 1.54) is 6.20 Å². The normalized spacial score (nSPS) is 22.4. The molecule has 0 aromatic rings. The zero-order valence-electron chi connectivity index (χ0n) is 4.81. The minimum absolute atomic E-state index is 0.197. The van der Waals surface area contributed by atoms with Crippen LogP contribution in [0.3, 0.4) is 0 Å². The molecule has 58 valence electrons. The monoisotopic (exact) mass is 202 g/mol. The van der Waals surface area contributed by atoms with Gasteiger partial charge in [0.05, 0.1) is 12.3 Å². The van der Waals surface area contributed by atoms with Gasteiger partial charge < -0.3 is 10.4 Å². The third kappa shape index (κ3) is 1.27. The molecule has 0 radical (unpaired) electrons. The summed E-state index contributed by atoms with van der Waals surface area (Å²) < 4.78 is -0.310. The summed E-state index contributed by atoms with van der Waals surface area (Å²) in [5.74, 6) is 0. The molecule has 0 aromatic heterocycles. The molecule has 0 bridgehead atoms. The Bertz CT molecular complexity index is 170. The van der Waals surface area contributed by atoms with Crippen molar-refractivity contribution in [1.29, 1.82) is 0 Å². The first-order valence-corrected chi connectivity index (χ1v) is 3.59. The Hall–Kier alpha value is 0.170. The van der Waals surface area contributed by atoms with Gasteiger partial charge in [0, 0.05) is 18.0 Å². The second-order valence-electron chi connectivity index (χ2n) is 1.76. The average molecular weight is 203 g/mol. The lowest BCUT2D eigenvalue weighted by Crippen LogP contribution is -2.36. The summed E-state index contributed by atoms with van der Waals surface area (Å²) in [5, 5.41) is 11.2. The summed E-state index contributed by atoms with van der Waals surface area (Å²) in [7, 11) is 0. The van der Waals surface area contributed by atoms with E-state index in [9.17, 15) is 0 Å². The van der Waals surface area contributed by atoms with Crippen molar-refractivity contribution in [2.45, 2.75) is 4.58 Å². The Morgan fingerprint density at radius 2 is 2.30 bits per heavy atom. The second kappa shape index (κ2) is 2.66. The first-order valence-electron chi connectivity index (χ1n) is 2.49. The van der Waals surface area contributed by atoms with Crippen molar-refractivity contribution in [3.05, 3.63) is 11.9 Å². The van der Waals surface area contributed by atoms with Crippen LogP contribution in [0.4, 0.5) is 0 Å². The molecular weight excluding hydrogens is 198 g/mol. The molecule has 6 heteroatoms. The van der Waals surface area contributed by atoms with Crippen molar-refractivity contribution in [3.63, 3.8) is 0 Å². The van der Waals surface area contributed by atoms with Gasteiger partial charge in [-0.05, 0) is 0 Å². The van der Waals surface area contributed by atoms with Gasteiger partial charge in [0.2, 0.25) is 0 Å². The molecule has 0 atom stereocenters. The summed E-state index contributed by atoms with van der Waals surface area (Å²) in [6, 6.07) is 0. The van der Waals surface area contributed by atoms with Gasteiger partial charge in [-0.2, -0.15) is 0 Å². The van der Waals surface area contributed by atoms with Crippen LogP contribution in [0.25, 0.3) is 0 Å². The Labute approximate surface area is 73.3 Å². The number of nitrogens with zero attached hydrogens (tertiary/aromatic N) is 1. The molecule has 1 heterocycles. The minimum atomic E-state index is -1.33. The number of aliphatic hydroxyl groups is 1. The van der Waals surface area contributed by atoms with E-state index in [1.807, 2.05) is 0 Å². The van der Waals surface area contributed by atoms with Gasteiger partial charge in [-0.1, -0.05) is 23.2 Å². The van der Waals surface area contributed by atoms with Crippen LogP contribution in [0, 0.1) is 0 Å². The number of hydrogen-bond donors (Lipinski definition) is 2. The molecule has 0 aromatic carbocycles. The third-order valence-electron chi connectivity index (χ3n) is 1.07. The summed E-state index contributed by atoms with van der Waals surface area (Å²) in [4.78, 5) is 0. The fraction of sp³-hybridized carbons (Fsp3) is 0.500. The van der Waals surface area contributed by atoms with Crippen LogP contribution in [0.15, 0.2) is 11.9 Å². The van der Waals surface area contributed by atoms with Crippen molar-refractivity contribution < 1.29 is 5.11 Å². The second-order valence-corrected chi connectivity index (χ2v) is 3.39. The van der Waals surface area contributed by atoms with Gasteiger partial charge in [0.1, 0.15) is 0 Å². The third-order valence-corrected chi connectivity index (χ3v) is 2.27. The quantitative estimate of drug-likeness (QED) is 0.379. The molecule has 1 rings (SSSR count). The highest BCUT2D eigenvalue weighted by molar-refractivity contribution is 6.50. The van der Waals surface area contributed by atoms with Crippen LogP contribution in [0.5, 0.6) is 0 Å². The molecular formula is C4H5Cl3N2O. The van der Waals surface area contributed by atoms with E-state index in [2.05, 4.69) is 5.32 Å². The maximum atomic E-state index is 8.62. The van der Waals surface area contributed by atoms with Crippen molar-refractivity contribution in [2.24, 2.45) is 0 Å². The summed E-state index contributed by atoms with van der Waals surface area (Å²) in [6.45, 7) is -0.197. The maximum absolute atomic E-state index is 8.62. The van der Waals surface area contributed by atoms with E-state index < -0.39 is 4.58 Å². The number of alkyl halides is 2. The molecule has 1 aliphatic rings. The zero-order valence-corrected chi connectivity index (χ0v) is 7.08. The van der Waals surface area contributed by atoms with Crippen LogP contribution in [0.2, 0.25) is 0 Å². The summed E-state index contributed by atoms with van der Waals surface area (Å²) >= 11 is 16.7. The lowest BCUT2D eigenvalue weighted by molar-refractivity contribution is 0.297. The zero-order chi connectivity index (χ0) is 7.78. The number of halogens is 3. The SMILES string of the molecule is OCC1=CNC(Cl)(Cl)N1Cl. The van der Waals surface area contributed by atoms with Gasteiger partial charge in [-0.25, -0.2) is 4.42 Å². The largest absolute Gasteiger partial charge is 0.390 e. The van der Waals surface area contributed by atoms with Crippen LogP contribution >= 0.6 is 35.0 Å². The fourth-order valence-electron chi connectivity index (χ4n) is 0.572. The lowest BCUT2D eigenvalue weighted by atomic mass is 10.5. The molecule has 0 saturated heterocycles. The maximum Gasteiger partial charge on any atom is 0.281 e. The smallest absolute Gasteiger partial charge is 0.281 e. The van der Waals surface area contributed by atoms with E-state index in [0.717, 1.165) is 4.42 Å². The van der Waals surface area contributed by atoms with Crippen molar-refractivity contribution in [3.8, 4) is 0 Å². The topological polar surface area (TPSA) is 35.5 Å². The highest BCUT2D eigenvalue weighted by Gasteiger charge is 2.36. The summed E-state index contributed by atoms with van der Waals surface area (Å²) in [6.07, 6.45) is 1.45. The minimum Gasteiger partial charge on any atom is -0.390 e. The predicted octanol–water partition coefficient (Wildman–Crippen LogP) is 0.968. The first-order chi connectivity index (χ1) is 4.58. The molecule has 10 heavy (non-hydrogen) atoms. The van der Waals surface area contributed by atoms with E-state index in [1.54, 1.807) is 0 Å². The van der Waals surface area contributed by atoms with E-state index in [0.29, 0.717) is 5.70 Å². The van der Waals surface area contributed by atoms with Crippen LogP contribution in [-0.4, -0.2) is 20.7 Å². The van der Waals surface area contributed by atoms with Crippen LogP contribution < -0.4 is 5.32 Å². The van der Waals surface area contributed by atoms with Gasteiger partial charge in [-0.15, -0.1) is 0 Å². The number of rotatable bonds is 1. The Kier molecular flexibility index (Phi) is 2.20. The summed E-state index contributed by atoms with van der Waals surface area (Å²) in [5.41, 5.74) is 0.437. The van der Waals surface area contributed by atoms with Crippen molar-refractivity contribution in [1.82, 2.24) is 9.74 Å². The van der Waals surface area contributed by atoms with Crippen molar-refractivity contribution >= 4 is 35.0 Å². The molecule has 0 fully saturated rings. The Balaban J connectivity index is 2.69. The highest BCUT2D eigenvalue weighted by atomic mass is 35.5. The molecule has 0 aliphatic carbocycles. The van der Waals surface area contributed by atoms with E-state index in [4.69, 9.17) is 40.1 Å². The van der Waals surface area contributed by atoms with Crippen molar-refractivity contribution in [2.75, 3.05) is 6.61 Å². The Morgan fingerprint density at radius 3 is 2.50 bits per heavy atom. The standard InChI is InChI=1S/C4H5Cl3N2O/c5-4(6)8-1-3(2-10)9(4)7/h1,8,10H,2H2. The van der Waals surface area contributed by atoms with Gasteiger partial charge >= 0.3 is 0 Å². The van der Waals surface area contributed by atoms with Crippen LogP contribution in [-0.2, 0) is 0 Å².